The molecule has 2 heterocycles. The number of carbonyl (C=O) groups is 1. The lowest BCUT2D eigenvalue weighted by Crippen LogP contribution is -2.64. The number of nitrogens with one attached hydrogen (secondary N) is 2. The van der Waals surface area contributed by atoms with Gasteiger partial charge < -0.3 is 10.6 Å². The zero-order chi connectivity index (χ0) is 13.0. The summed E-state index contributed by atoms with van der Waals surface area (Å²) in [4.78, 5) is 11.7. The van der Waals surface area contributed by atoms with Gasteiger partial charge in [-0.25, -0.2) is 0 Å². The number of hydrogen-bond donors (Lipinski definition) is 2. The van der Waals surface area contributed by atoms with E-state index in [9.17, 15) is 4.79 Å². The summed E-state index contributed by atoms with van der Waals surface area (Å²) in [6.07, 6.45) is 8.14. The Morgan fingerprint density at radius 1 is 1.32 bits per heavy atom. The van der Waals surface area contributed by atoms with Crippen molar-refractivity contribution in [1.29, 1.82) is 0 Å². The van der Waals surface area contributed by atoms with E-state index in [1.165, 1.54) is 31.4 Å². The molecular weight excluding hydrogens is 236 g/mol. The molecule has 0 aromatic heterocycles. The fourth-order valence-electron chi connectivity index (χ4n) is 5.49. The number of allylic oxidation sites excluding steroid dienone is 1. The highest BCUT2D eigenvalue weighted by Gasteiger charge is 2.54. The number of rotatable bonds is 0. The number of amides is 1. The third-order valence-electron chi connectivity index (χ3n) is 5.97. The van der Waals surface area contributed by atoms with Crippen molar-refractivity contribution in [3.63, 3.8) is 0 Å². The maximum Gasteiger partial charge on any atom is 0.224 e. The molecule has 3 nitrogen and oxygen atoms in total. The molecule has 4 aliphatic rings. The Morgan fingerprint density at radius 2 is 2.21 bits per heavy atom. The first-order chi connectivity index (χ1) is 9.19. The van der Waals surface area contributed by atoms with Crippen molar-refractivity contribution in [2.75, 3.05) is 6.54 Å². The van der Waals surface area contributed by atoms with Crippen molar-refractivity contribution in [2.45, 2.75) is 57.4 Å². The molecule has 3 heteroatoms. The van der Waals surface area contributed by atoms with Gasteiger partial charge in [0.15, 0.2) is 0 Å². The van der Waals surface area contributed by atoms with Crippen LogP contribution in [-0.4, -0.2) is 18.0 Å². The van der Waals surface area contributed by atoms with Gasteiger partial charge in [0, 0.05) is 17.7 Å². The van der Waals surface area contributed by atoms with Gasteiger partial charge >= 0.3 is 0 Å². The molecule has 104 valence electrons. The summed E-state index contributed by atoms with van der Waals surface area (Å²) in [6.45, 7) is 3.56. The average Bonchev–Trinajstić information content (AvgIpc) is 2.37. The van der Waals surface area contributed by atoms with Gasteiger partial charge in [0.2, 0.25) is 5.91 Å². The third kappa shape index (κ3) is 1.63. The number of piperidine rings is 1. The summed E-state index contributed by atoms with van der Waals surface area (Å²) >= 11 is 0. The molecule has 0 aromatic carbocycles. The first-order valence-corrected chi connectivity index (χ1v) is 7.96. The van der Waals surface area contributed by atoms with Crippen LogP contribution < -0.4 is 10.6 Å². The van der Waals surface area contributed by atoms with Gasteiger partial charge in [-0.3, -0.25) is 4.79 Å². The van der Waals surface area contributed by atoms with E-state index in [1.807, 2.05) is 0 Å². The minimum atomic E-state index is 0.232. The minimum absolute atomic E-state index is 0.232. The van der Waals surface area contributed by atoms with Gasteiger partial charge in [-0.05, 0) is 68.4 Å². The summed E-state index contributed by atoms with van der Waals surface area (Å²) in [5.41, 5.74) is 3.10. The second-order valence-corrected chi connectivity index (χ2v) is 7.16. The standard InChI is InChI=1S/C16H24N2O/c1-10-7-11-8-14-13(4-5-15(19)18-14)16(9-10)12(11)3-2-6-17-16/h10-12,17H,2-9H2,1H3,(H,18,19)/t10-,11+,12+,16-/m1/s1. The zero-order valence-electron chi connectivity index (χ0n) is 11.8. The van der Waals surface area contributed by atoms with Crippen LogP contribution in [0.2, 0.25) is 0 Å². The summed E-state index contributed by atoms with van der Waals surface area (Å²) in [5.74, 6) is 2.66. The SMILES string of the molecule is C[C@@H]1C[C@H]2CC3=C(CCC(=O)N3)[C@]3(C1)NCCC[C@@H]23. The van der Waals surface area contributed by atoms with Crippen LogP contribution in [0.25, 0.3) is 0 Å². The molecule has 2 aliphatic carbocycles. The fraction of sp³-hybridized carbons (Fsp3) is 0.812. The predicted octanol–water partition coefficient (Wildman–Crippen LogP) is 2.34. The van der Waals surface area contributed by atoms with E-state index in [-0.39, 0.29) is 11.4 Å². The van der Waals surface area contributed by atoms with Crippen LogP contribution in [0.1, 0.15) is 51.9 Å². The summed E-state index contributed by atoms with van der Waals surface area (Å²) in [6, 6.07) is 0. The van der Waals surface area contributed by atoms with Gasteiger partial charge in [-0.2, -0.15) is 0 Å². The van der Waals surface area contributed by atoms with E-state index in [4.69, 9.17) is 0 Å². The molecule has 1 saturated heterocycles. The third-order valence-corrected chi connectivity index (χ3v) is 5.97. The van der Waals surface area contributed by atoms with E-state index in [0.717, 1.165) is 37.1 Å². The molecule has 4 rings (SSSR count). The highest BCUT2D eigenvalue weighted by atomic mass is 16.1. The first-order valence-electron chi connectivity index (χ1n) is 7.96. The van der Waals surface area contributed by atoms with Crippen LogP contribution in [0.4, 0.5) is 0 Å². The van der Waals surface area contributed by atoms with Crippen LogP contribution >= 0.6 is 0 Å². The highest BCUT2D eigenvalue weighted by molar-refractivity contribution is 5.80. The molecule has 0 spiro atoms. The quantitative estimate of drug-likeness (QED) is 0.702. The van der Waals surface area contributed by atoms with E-state index in [2.05, 4.69) is 17.6 Å². The molecule has 0 unspecified atom stereocenters. The van der Waals surface area contributed by atoms with Gasteiger partial charge in [0.05, 0.1) is 0 Å². The topological polar surface area (TPSA) is 41.1 Å². The lowest BCUT2D eigenvalue weighted by molar-refractivity contribution is -0.121. The average molecular weight is 260 g/mol. The Kier molecular flexibility index (Phi) is 2.57. The normalized spacial score (nSPS) is 45.3. The maximum absolute atomic E-state index is 11.7. The Hall–Kier alpha value is -0.830. The van der Waals surface area contributed by atoms with Gasteiger partial charge in [-0.15, -0.1) is 0 Å². The van der Waals surface area contributed by atoms with Crippen LogP contribution in [0, 0.1) is 17.8 Å². The van der Waals surface area contributed by atoms with Gasteiger partial charge in [-0.1, -0.05) is 6.92 Å². The molecule has 0 aromatic rings. The van der Waals surface area contributed by atoms with Crippen molar-refractivity contribution in [3.8, 4) is 0 Å². The summed E-state index contributed by atoms with van der Waals surface area (Å²) < 4.78 is 0. The lowest BCUT2D eigenvalue weighted by Gasteiger charge is -2.59. The maximum atomic E-state index is 11.7. The van der Waals surface area contributed by atoms with E-state index in [1.54, 1.807) is 5.57 Å². The molecule has 0 radical (unpaired) electrons. The molecule has 1 saturated carbocycles. The van der Waals surface area contributed by atoms with E-state index >= 15 is 0 Å². The van der Waals surface area contributed by atoms with E-state index in [0.29, 0.717) is 6.42 Å². The van der Waals surface area contributed by atoms with Crippen molar-refractivity contribution < 1.29 is 4.79 Å². The summed E-state index contributed by atoms with van der Waals surface area (Å²) in [7, 11) is 0. The van der Waals surface area contributed by atoms with Crippen LogP contribution in [-0.2, 0) is 4.79 Å². The van der Waals surface area contributed by atoms with Crippen LogP contribution in [0.3, 0.4) is 0 Å². The highest BCUT2D eigenvalue weighted by Crippen LogP contribution is 2.55. The van der Waals surface area contributed by atoms with Gasteiger partial charge in [0.25, 0.3) is 0 Å². The Morgan fingerprint density at radius 3 is 3.11 bits per heavy atom. The lowest BCUT2D eigenvalue weighted by atomic mass is 9.53. The predicted molar refractivity (Wildman–Crippen MR) is 74.4 cm³/mol. The molecule has 19 heavy (non-hydrogen) atoms. The molecule has 4 atom stereocenters. The largest absolute Gasteiger partial charge is 0.330 e. The number of carbonyl (C=O) groups excluding carboxylic acids is 1. The van der Waals surface area contributed by atoms with Crippen LogP contribution in [0.15, 0.2) is 11.3 Å². The monoisotopic (exact) mass is 260 g/mol. The molecule has 2 fully saturated rings. The van der Waals surface area contributed by atoms with Crippen molar-refractivity contribution in [1.82, 2.24) is 10.6 Å². The fourth-order valence-corrected chi connectivity index (χ4v) is 5.49. The first kappa shape index (κ1) is 12.0. The zero-order valence-corrected chi connectivity index (χ0v) is 11.8. The van der Waals surface area contributed by atoms with Crippen LogP contribution in [0.5, 0.6) is 0 Å². The van der Waals surface area contributed by atoms with Crippen molar-refractivity contribution >= 4 is 5.91 Å². The summed E-state index contributed by atoms with van der Waals surface area (Å²) in [5, 5.41) is 7.09. The smallest absolute Gasteiger partial charge is 0.224 e. The van der Waals surface area contributed by atoms with E-state index < -0.39 is 0 Å². The molecule has 1 amide bonds. The Labute approximate surface area is 115 Å². The molecular formula is C16H24N2O. The van der Waals surface area contributed by atoms with Crippen molar-refractivity contribution in [2.24, 2.45) is 17.8 Å². The second kappa shape index (κ2) is 4.08. The van der Waals surface area contributed by atoms with Gasteiger partial charge in [0.1, 0.15) is 0 Å². The van der Waals surface area contributed by atoms with Crippen molar-refractivity contribution in [3.05, 3.63) is 11.3 Å². The Balaban J connectivity index is 1.81. The second-order valence-electron chi connectivity index (χ2n) is 7.16. The number of hydrogen-bond acceptors (Lipinski definition) is 2. The molecule has 2 bridgehead atoms. The minimum Gasteiger partial charge on any atom is -0.330 e. The molecule has 2 aliphatic heterocycles. The molecule has 2 N–H and O–H groups in total. The Bertz CT molecular complexity index is 456.